The van der Waals surface area contributed by atoms with E-state index in [2.05, 4.69) is 0 Å². The molecule has 0 aliphatic heterocycles. The number of unbranched alkanes of at least 4 members (excludes halogenated alkanes) is 1. The Balaban J connectivity index is 3.01. The normalized spacial score (nSPS) is 14.5. The number of hydrogen-bond donors (Lipinski definition) is 2. The summed E-state index contributed by atoms with van der Waals surface area (Å²) in [5.74, 6) is -0.704. The first kappa shape index (κ1) is 25.7. The molecule has 2 amide bonds. The maximum atomic E-state index is 13.0. The number of hydrogen-bond acceptors (Lipinski definition) is 7. The third kappa shape index (κ3) is 8.61. The Morgan fingerprint density at radius 2 is 1.80 bits per heavy atom. The molecule has 3 atom stereocenters. The van der Waals surface area contributed by atoms with E-state index >= 15 is 0 Å². The summed E-state index contributed by atoms with van der Waals surface area (Å²) in [6.45, 7) is 7.30. The van der Waals surface area contributed by atoms with Crippen molar-refractivity contribution in [2.75, 3.05) is 6.54 Å². The van der Waals surface area contributed by atoms with E-state index in [9.17, 15) is 14.4 Å². The topological polar surface area (TPSA) is 125 Å². The fourth-order valence-corrected chi connectivity index (χ4v) is 2.71. The maximum Gasteiger partial charge on any atom is 0.417 e. The van der Waals surface area contributed by atoms with Gasteiger partial charge in [-0.25, -0.2) is 9.69 Å². The fraction of sp³-hybridized carbons (Fsp3) is 0.591. The molecule has 0 saturated carbocycles. The minimum absolute atomic E-state index is 0.207. The summed E-state index contributed by atoms with van der Waals surface area (Å²) < 4.78 is 11.1. The van der Waals surface area contributed by atoms with Gasteiger partial charge in [-0.2, -0.15) is 0 Å². The van der Waals surface area contributed by atoms with Gasteiger partial charge < -0.3 is 20.9 Å². The number of carbonyl (C=O) groups excluding carboxylic acids is 3. The number of nitrogens with two attached hydrogens (primary N) is 2. The SMILES string of the molecule is C[C@@H](OCc1ccccc1)[C@@H]([C]=O)N(C(=O)OC(C)(C)C)C(=O)[C@@H](N)CCCCN. The van der Waals surface area contributed by atoms with Crippen LogP contribution in [-0.4, -0.2) is 53.5 Å². The second kappa shape index (κ2) is 12.4. The molecule has 0 aliphatic carbocycles. The van der Waals surface area contributed by atoms with Crippen molar-refractivity contribution in [3.63, 3.8) is 0 Å². The van der Waals surface area contributed by atoms with Gasteiger partial charge >= 0.3 is 6.09 Å². The van der Waals surface area contributed by atoms with E-state index in [1.165, 1.54) is 0 Å². The zero-order valence-corrected chi connectivity index (χ0v) is 18.3. The highest BCUT2D eigenvalue weighted by Gasteiger charge is 2.39. The molecule has 0 aliphatic rings. The minimum atomic E-state index is -1.29. The van der Waals surface area contributed by atoms with Crippen LogP contribution in [-0.2, 0) is 25.7 Å². The van der Waals surface area contributed by atoms with Crippen molar-refractivity contribution in [3.8, 4) is 0 Å². The van der Waals surface area contributed by atoms with Gasteiger partial charge in [0.1, 0.15) is 11.6 Å². The van der Waals surface area contributed by atoms with Gasteiger partial charge in [0.05, 0.1) is 18.8 Å². The van der Waals surface area contributed by atoms with Gasteiger partial charge in [0.25, 0.3) is 0 Å². The molecule has 167 valence electrons. The summed E-state index contributed by atoms with van der Waals surface area (Å²) in [6, 6.07) is 7.09. The Labute approximate surface area is 178 Å². The molecule has 1 aromatic carbocycles. The third-order valence-corrected chi connectivity index (χ3v) is 4.31. The van der Waals surface area contributed by atoms with E-state index in [4.69, 9.17) is 20.9 Å². The van der Waals surface area contributed by atoms with Gasteiger partial charge in [-0.15, -0.1) is 0 Å². The molecule has 1 radical (unpaired) electrons. The molecule has 0 unspecified atom stereocenters. The molecule has 0 spiro atoms. The van der Waals surface area contributed by atoms with Crippen molar-refractivity contribution in [2.45, 2.75) is 77.4 Å². The largest absolute Gasteiger partial charge is 0.443 e. The van der Waals surface area contributed by atoms with E-state index in [-0.39, 0.29) is 6.61 Å². The fourth-order valence-electron chi connectivity index (χ4n) is 2.71. The molecule has 0 heterocycles. The molecule has 8 heteroatoms. The standard InChI is InChI=1S/C22H34N3O5/c1-16(29-15-17-10-6-5-7-11-17)19(14-26)25(21(28)30-22(2,3)4)20(27)18(24)12-8-9-13-23/h5-7,10-11,16,18-19H,8-9,12-13,15,23-24H2,1-4H3/t16-,18+,19-/m1/s1. The number of benzene rings is 1. The smallest absolute Gasteiger partial charge is 0.417 e. The van der Waals surface area contributed by atoms with E-state index in [0.29, 0.717) is 25.8 Å². The molecular weight excluding hydrogens is 386 g/mol. The van der Waals surface area contributed by atoms with Crippen molar-refractivity contribution in [1.29, 1.82) is 0 Å². The highest BCUT2D eigenvalue weighted by molar-refractivity contribution is 5.97. The Hall–Kier alpha value is -2.29. The summed E-state index contributed by atoms with van der Waals surface area (Å²) in [7, 11) is 0. The molecular formula is C22H34N3O5. The monoisotopic (exact) mass is 420 g/mol. The average Bonchev–Trinajstić information content (AvgIpc) is 2.69. The molecule has 0 fully saturated rings. The van der Waals surface area contributed by atoms with E-state index in [0.717, 1.165) is 10.5 Å². The van der Waals surface area contributed by atoms with Crippen LogP contribution in [0, 0.1) is 0 Å². The van der Waals surface area contributed by atoms with Crippen LogP contribution in [0.25, 0.3) is 0 Å². The van der Waals surface area contributed by atoms with Gasteiger partial charge in [-0.1, -0.05) is 36.8 Å². The first-order valence-corrected chi connectivity index (χ1v) is 10.2. The number of nitrogens with zero attached hydrogens (tertiary/aromatic N) is 1. The highest BCUT2D eigenvalue weighted by atomic mass is 16.6. The van der Waals surface area contributed by atoms with E-state index < -0.39 is 35.8 Å². The van der Waals surface area contributed by atoms with Crippen LogP contribution < -0.4 is 11.5 Å². The highest BCUT2D eigenvalue weighted by Crippen LogP contribution is 2.17. The van der Waals surface area contributed by atoms with Crippen molar-refractivity contribution in [1.82, 2.24) is 4.90 Å². The number of carbonyl (C=O) groups is 2. The lowest BCUT2D eigenvalue weighted by atomic mass is 10.1. The van der Waals surface area contributed by atoms with Crippen molar-refractivity contribution in [2.24, 2.45) is 11.5 Å². The van der Waals surface area contributed by atoms with Crippen LogP contribution in [0.15, 0.2) is 30.3 Å². The summed E-state index contributed by atoms with van der Waals surface area (Å²) >= 11 is 0. The number of ether oxygens (including phenoxy) is 2. The maximum absolute atomic E-state index is 13.0. The van der Waals surface area contributed by atoms with Crippen molar-refractivity contribution >= 4 is 18.3 Å². The summed E-state index contributed by atoms with van der Waals surface area (Å²) in [6.07, 6.45) is 1.66. The van der Waals surface area contributed by atoms with Crippen molar-refractivity contribution < 1.29 is 23.9 Å². The number of imide groups is 1. The first-order valence-electron chi connectivity index (χ1n) is 10.2. The molecule has 30 heavy (non-hydrogen) atoms. The summed E-state index contributed by atoms with van der Waals surface area (Å²) in [4.78, 5) is 38.3. The lowest BCUT2D eigenvalue weighted by Gasteiger charge is -2.33. The predicted octanol–water partition coefficient (Wildman–Crippen LogP) is 2.29. The van der Waals surface area contributed by atoms with Crippen LogP contribution in [0.3, 0.4) is 0 Å². The Kier molecular flexibility index (Phi) is 10.7. The first-order chi connectivity index (χ1) is 14.1. The number of rotatable bonds is 11. The third-order valence-electron chi connectivity index (χ3n) is 4.31. The second-order valence-corrected chi connectivity index (χ2v) is 8.14. The van der Waals surface area contributed by atoms with Gasteiger partial charge in [-0.05, 0) is 52.6 Å². The molecule has 0 aromatic heterocycles. The van der Waals surface area contributed by atoms with Gasteiger partial charge in [0.2, 0.25) is 12.2 Å². The quantitative estimate of drug-likeness (QED) is 0.526. The summed E-state index contributed by atoms with van der Waals surface area (Å²) in [5.41, 5.74) is 11.5. The van der Waals surface area contributed by atoms with Crippen LogP contribution in [0.2, 0.25) is 0 Å². The molecule has 1 aromatic rings. The van der Waals surface area contributed by atoms with Crippen LogP contribution in [0.5, 0.6) is 0 Å². The van der Waals surface area contributed by atoms with Crippen LogP contribution in [0.1, 0.15) is 52.5 Å². The molecule has 8 nitrogen and oxygen atoms in total. The number of amides is 2. The van der Waals surface area contributed by atoms with E-state index in [1.807, 2.05) is 30.3 Å². The second-order valence-electron chi connectivity index (χ2n) is 8.14. The Morgan fingerprint density at radius 3 is 2.33 bits per heavy atom. The predicted molar refractivity (Wildman–Crippen MR) is 114 cm³/mol. The molecule has 4 N–H and O–H groups in total. The lowest BCUT2D eigenvalue weighted by Crippen LogP contribution is -2.57. The van der Waals surface area contributed by atoms with Crippen LogP contribution in [0.4, 0.5) is 4.79 Å². The van der Waals surface area contributed by atoms with E-state index in [1.54, 1.807) is 34.0 Å². The zero-order valence-electron chi connectivity index (χ0n) is 18.3. The summed E-state index contributed by atoms with van der Waals surface area (Å²) in [5, 5.41) is 0. The molecule has 0 saturated heterocycles. The Morgan fingerprint density at radius 1 is 1.17 bits per heavy atom. The minimum Gasteiger partial charge on any atom is -0.443 e. The van der Waals surface area contributed by atoms with Crippen LogP contribution >= 0.6 is 0 Å². The van der Waals surface area contributed by atoms with Gasteiger partial charge in [0.15, 0.2) is 0 Å². The van der Waals surface area contributed by atoms with Gasteiger partial charge in [-0.3, -0.25) is 9.59 Å². The molecule has 0 bridgehead atoms. The molecule has 1 rings (SSSR count). The lowest BCUT2D eigenvalue weighted by molar-refractivity contribution is -0.135. The van der Waals surface area contributed by atoms with Crippen molar-refractivity contribution in [3.05, 3.63) is 35.9 Å². The zero-order chi connectivity index (χ0) is 22.7. The Bertz CT molecular complexity index is 675. The average molecular weight is 421 g/mol. The van der Waals surface area contributed by atoms with Gasteiger partial charge in [0, 0.05) is 0 Å².